The summed E-state index contributed by atoms with van der Waals surface area (Å²) in [5.41, 5.74) is 3.41. The normalized spacial score (nSPS) is 17.6. The molecule has 0 amide bonds. The third kappa shape index (κ3) is 4.95. The molecule has 3 aromatic rings. The van der Waals surface area contributed by atoms with Crippen molar-refractivity contribution >= 4 is 34.9 Å². The number of nitrogens with one attached hydrogen (secondary N) is 2. The number of carbonyl (C=O) groups excluding carboxylic acids is 3. The smallest absolute Gasteiger partial charge is 0.200 e. The van der Waals surface area contributed by atoms with Gasteiger partial charge in [-0.2, -0.15) is 0 Å². The van der Waals surface area contributed by atoms with Crippen molar-refractivity contribution in [3.05, 3.63) is 106 Å². The highest BCUT2D eigenvalue weighted by Crippen LogP contribution is 2.41. The Labute approximate surface area is 231 Å². The lowest BCUT2D eigenvalue weighted by Gasteiger charge is -2.29. The zero-order chi connectivity index (χ0) is 28.4. The number of benzene rings is 3. The molecule has 8 heteroatoms. The molecule has 0 saturated carbocycles. The van der Waals surface area contributed by atoms with E-state index >= 15 is 0 Å². The molecule has 0 aromatic heterocycles. The van der Waals surface area contributed by atoms with E-state index in [0.717, 1.165) is 11.1 Å². The van der Waals surface area contributed by atoms with Gasteiger partial charge in [-0.3, -0.25) is 14.4 Å². The second-order valence-electron chi connectivity index (χ2n) is 10.0. The molecule has 0 saturated heterocycles. The molecule has 0 aliphatic heterocycles. The van der Waals surface area contributed by atoms with Crippen molar-refractivity contribution in [2.75, 3.05) is 23.8 Å². The second-order valence-corrected chi connectivity index (χ2v) is 10.0. The number of rotatable bonds is 9. The van der Waals surface area contributed by atoms with Gasteiger partial charge in [0.1, 0.15) is 5.75 Å². The molecule has 0 heterocycles. The van der Waals surface area contributed by atoms with Gasteiger partial charge in [0.15, 0.2) is 17.9 Å². The molecule has 0 fully saturated rings. The molecular weight excluding hydrogens is 508 g/mol. The molecule has 8 nitrogen and oxygen atoms in total. The van der Waals surface area contributed by atoms with Gasteiger partial charge in [0, 0.05) is 35.7 Å². The van der Waals surface area contributed by atoms with Crippen LogP contribution in [0.4, 0.5) is 17.1 Å². The van der Waals surface area contributed by atoms with Gasteiger partial charge >= 0.3 is 0 Å². The average Bonchev–Trinajstić information content (AvgIpc) is 2.95. The Kier molecular flexibility index (Phi) is 7.64. The number of phenolic OH excluding ortho intramolecular Hbond substituents is 1. The summed E-state index contributed by atoms with van der Waals surface area (Å²) in [6.07, 6.45) is 7.53. The van der Waals surface area contributed by atoms with Crippen molar-refractivity contribution < 1.29 is 29.7 Å². The lowest BCUT2D eigenvalue weighted by atomic mass is 9.79. The molecule has 2 aliphatic rings. The number of fused-ring (bicyclic) bond motifs is 2. The fourth-order valence-corrected chi connectivity index (χ4v) is 5.32. The number of hydrogen-bond donors (Lipinski definition) is 5. The topological polar surface area (TPSA) is 136 Å². The van der Waals surface area contributed by atoms with Crippen molar-refractivity contribution in [2.24, 2.45) is 5.92 Å². The third-order valence-electron chi connectivity index (χ3n) is 7.37. The molecule has 0 bridgehead atoms. The van der Waals surface area contributed by atoms with E-state index in [1.807, 2.05) is 43.3 Å². The van der Waals surface area contributed by atoms with Gasteiger partial charge in [0.25, 0.3) is 0 Å². The monoisotopic (exact) mass is 538 g/mol. The van der Waals surface area contributed by atoms with E-state index in [0.29, 0.717) is 36.2 Å². The number of aliphatic hydroxyl groups is 2. The quantitative estimate of drug-likeness (QED) is 0.196. The number of allylic oxidation sites excluding steroid dienone is 1. The fraction of sp³-hybridized carbons (Fsp3) is 0.219. The first kappa shape index (κ1) is 27.1. The second kappa shape index (κ2) is 11.3. The van der Waals surface area contributed by atoms with Crippen LogP contribution in [0.1, 0.15) is 61.1 Å². The first-order chi connectivity index (χ1) is 19.4. The van der Waals surface area contributed by atoms with Crippen LogP contribution in [0, 0.1) is 5.92 Å². The van der Waals surface area contributed by atoms with Gasteiger partial charge in [-0.1, -0.05) is 37.3 Å². The number of aldehydes is 1. The summed E-state index contributed by atoms with van der Waals surface area (Å²) in [5.74, 6) is -1.43. The molecule has 3 aromatic carbocycles. The summed E-state index contributed by atoms with van der Waals surface area (Å²) >= 11 is 0. The van der Waals surface area contributed by atoms with E-state index in [9.17, 15) is 29.7 Å². The van der Waals surface area contributed by atoms with Gasteiger partial charge in [-0.05, 0) is 66.3 Å². The van der Waals surface area contributed by atoms with Crippen molar-refractivity contribution in [1.29, 1.82) is 0 Å². The zero-order valence-electron chi connectivity index (χ0n) is 22.0. The summed E-state index contributed by atoms with van der Waals surface area (Å²) in [7, 11) is 0. The number of anilines is 3. The first-order valence-electron chi connectivity index (χ1n) is 13.2. The van der Waals surface area contributed by atoms with Crippen LogP contribution >= 0.6 is 0 Å². The molecule has 2 unspecified atom stereocenters. The van der Waals surface area contributed by atoms with Crippen LogP contribution in [0.25, 0.3) is 0 Å². The van der Waals surface area contributed by atoms with Crippen molar-refractivity contribution in [1.82, 2.24) is 0 Å². The number of aromatic hydroxyl groups is 1. The van der Waals surface area contributed by atoms with E-state index < -0.39 is 11.6 Å². The van der Waals surface area contributed by atoms with Crippen LogP contribution in [0.5, 0.6) is 5.75 Å². The van der Waals surface area contributed by atoms with Crippen LogP contribution in [0.3, 0.4) is 0 Å². The Morgan fingerprint density at radius 2 is 1.50 bits per heavy atom. The highest BCUT2D eigenvalue weighted by Gasteiger charge is 2.38. The van der Waals surface area contributed by atoms with E-state index in [-0.39, 0.29) is 58.7 Å². The summed E-state index contributed by atoms with van der Waals surface area (Å²) in [6, 6.07) is 13.2. The van der Waals surface area contributed by atoms with Crippen LogP contribution in [-0.4, -0.2) is 52.4 Å². The van der Waals surface area contributed by atoms with Gasteiger partial charge in [0.2, 0.25) is 0 Å². The predicted octanol–water partition coefficient (Wildman–Crippen LogP) is 4.55. The lowest BCUT2D eigenvalue weighted by Crippen LogP contribution is -2.30. The van der Waals surface area contributed by atoms with E-state index in [1.165, 1.54) is 12.1 Å². The van der Waals surface area contributed by atoms with Crippen LogP contribution in [0.2, 0.25) is 0 Å². The highest BCUT2D eigenvalue weighted by atomic mass is 16.3. The van der Waals surface area contributed by atoms with E-state index in [4.69, 9.17) is 0 Å². The van der Waals surface area contributed by atoms with Gasteiger partial charge in [-0.15, -0.1) is 0 Å². The standard InChI is InChI=1S/C32H30N2O6/c1-18-16-20(13-15-36)4-8-23(18)34-25-10-9-24(33-22-6-2-19(3-7-22)12-14-35)28-29(25)31(39)27-21(17-37)5-11-26(38)30(27)32(28)40/h2-11,16-18,23,33-36,38H,12-15H2,1H3. The molecule has 5 N–H and O–H groups in total. The number of carbonyl (C=O) groups is 3. The Morgan fingerprint density at radius 3 is 2.17 bits per heavy atom. The maximum Gasteiger partial charge on any atom is 0.200 e. The summed E-state index contributed by atoms with van der Waals surface area (Å²) in [6.45, 7) is 2.10. The number of hydrogen-bond acceptors (Lipinski definition) is 8. The Balaban J connectivity index is 1.61. The number of ketones is 2. The lowest BCUT2D eigenvalue weighted by molar-refractivity contribution is 0.0975. The summed E-state index contributed by atoms with van der Waals surface area (Å²) < 4.78 is 0. The Hall–Kier alpha value is -4.53. The third-order valence-corrected chi connectivity index (χ3v) is 7.37. The average molecular weight is 539 g/mol. The molecule has 0 radical (unpaired) electrons. The minimum absolute atomic E-state index is 0.0306. The van der Waals surface area contributed by atoms with Gasteiger partial charge in [0.05, 0.1) is 28.4 Å². The predicted molar refractivity (Wildman–Crippen MR) is 153 cm³/mol. The molecule has 5 rings (SSSR count). The summed E-state index contributed by atoms with van der Waals surface area (Å²) in [5, 5.41) is 35.7. The van der Waals surface area contributed by atoms with Gasteiger partial charge in [-0.25, -0.2) is 0 Å². The molecule has 2 atom stereocenters. The molecule has 2 aliphatic carbocycles. The zero-order valence-corrected chi connectivity index (χ0v) is 22.0. The maximum atomic E-state index is 14.0. The van der Waals surface area contributed by atoms with Crippen LogP contribution in [-0.2, 0) is 6.42 Å². The maximum absolute atomic E-state index is 14.0. The largest absolute Gasteiger partial charge is 0.507 e. The van der Waals surface area contributed by atoms with E-state index in [2.05, 4.69) is 16.7 Å². The minimum atomic E-state index is -0.564. The van der Waals surface area contributed by atoms with Gasteiger partial charge < -0.3 is 26.0 Å². The molecule has 0 spiro atoms. The molecule has 204 valence electrons. The van der Waals surface area contributed by atoms with Crippen molar-refractivity contribution in [3.63, 3.8) is 0 Å². The van der Waals surface area contributed by atoms with Crippen molar-refractivity contribution in [3.8, 4) is 5.75 Å². The first-order valence-corrected chi connectivity index (χ1v) is 13.2. The van der Waals surface area contributed by atoms with E-state index in [1.54, 1.807) is 12.1 Å². The molecule has 40 heavy (non-hydrogen) atoms. The number of phenols is 1. The molecular formula is C32H30N2O6. The summed E-state index contributed by atoms with van der Waals surface area (Å²) in [4.78, 5) is 39.8. The fourth-order valence-electron chi connectivity index (χ4n) is 5.32. The Morgan fingerprint density at radius 1 is 0.825 bits per heavy atom. The van der Waals surface area contributed by atoms with Crippen LogP contribution < -0.4 is 10.6 Å². The van der Waals surface area contributed by atoms with Crippen LogP contribution in [0.15, 0.2) is 72.3 Å². The minimum Gasteiger partial charge on any atom is -0.507 e. The Bertz CT molecular complexity index is 1550. The SMILES string of the molecule is CC1C=C(CCO)C=CC1Nc1ccc(Nc2ccc(CCO)cc2)c2c1C(=O)c1c(C=O)ccc(O)c1C2=O. The number of aliphatic hydroxyl groups excluding tert-OH is 2. The highest BCUT2D eigenvalue weighted by molar-refractivity contribution is 6.34. The van der Waals surface area contributed by atoms with Crippen molar-refractivity contribution in [2.45, 2.75) is 25.8 Å².